The number of aryl methyl sites for hydroxylation is 1. The van der Waals surface area contributed by atoms with Crippen LogP contribution in [0, 0.1) is 6.92 Å². The van der Waals surface area contributed by atoms with Gasteiger partial charge in [-0.05, 0) is 38.4 Å². The van der Waals surface area contributed by atoms with E-state index in [0.717, 1.165) is 37.4 Å². The Balaban J connectivity index is 2.16. The molecule has 2 N–H and O–H groups in total. The molecule has 0 aromatic heterocycles. The number of benzene rings is 1. The van der Waals surface area contributed by atoms with Crippen molar-refractivity contribution in [2.24, 2.45) is 0 Å². The second-order valence-corrected chi connectivity index (χ2v) is 4.09. The second kappa shape index (κ2) is 8.66. The maximum Gasteiger partial charge on any atom is 0.238 e. The fourth-order valence-corrected chi connectivity index (χ4v) is 1.55. The Morgan fingerprint density at radius 2 is 2.11 bits per heavy atom. The van der Waals surface area contributed by atoms with Crippen molar-refractivity contribution in [2.45, 2.75) is 20.3 Å². The molecule has 0 aliphatic carbocycles. The highest BCUT2D eigenvalue weighted by Crippen LogP contribution is 2.12. The van der Waals surface area contributed by atoms with Gasteiger partial charge in [0.2, 0.25) is 5.91 Å². The van der Waals surface area contributed by atoms with Crippen LogP contribution in [0.25, 0.3) is 0 Å². The molecule has 0 aliphatic rings. The van der Waals surface area contributed by atoms with Crippen LogP contribution in [0.3, 0.4) is 0 Å². The Hall–Kier alpha value is -1.39. The van der Waals surface area contributed by atoms with Gasteiger partial charge >= 0.3 is 0 Å². The van der Waals surface area contributed by atoms with Crippen molar-refractivity contribution < 1.29 is 9.53 Å². The first-order valence-corrected chi connectivity index (χ1v) is 6.38. The van der Waals surface area contributed by atoms with Crippen LogP contribution in [0.5, 0.6) is 0 Å². The van der Waals surface area contributed by atoms with Gasteiger partial charge in [0, 0.05) is 18.9 Å². The van der Waals surface area contributed by atoms with E-state index in [-0.39, 0.29) is 5.91 Å². The summed E-state index contributed by atoms with van der Waals surface area (Å²) in [5.41, 5.74) is 1.95. The molecule has 18 heavy (non-hydrogen) atoms. The Kier molecular flexibility index (Phi) is 7.06. The Morgan fingerprint density at radius 1 is 1.33 bits per heavy atom. The number of carbonyl (C=O) groups excluding carboxylic acids is 1. The Morgan fingerprint density at radius 3 is 2.83 bits per heavy atom. The van der Waals surface area contributed by atoms with Crippen molar-refractivity contribution in [3.8, 4) is 0 Å². The smallest absolute Gasteiger partial charge is 0.238 e. The molecule has 0 atom stereocenters. The quantitative estimate of drug-likeness (QED) is 0.693. The fraction of sp³-hybridized carbons (Fsp3) is 0.500. The third-order valence-corrected chi connectivity index (χ3v) is 2.55. The lowest BCUT2D eigenvalue weighted by Gasteiger charge is -2.08. The molecule has 0 fully saturated rings. The van der Waals surface area contributed by atoms with Gasteiger partial charge in [-0.3, -0.25) is 4.79 Å². The third-order valence-electron chi connectivity index (χ3n) is 2.55. The summed E-state index contributed by atoms with van der Waals surface area (Å²) >= 11 is 0. The molecule has 4 nitrogen and oxygen atoms in total. The van der Waals surface area contributed by atoms with E-state index >= 15 is 0 Å². The minimum atomic E-state index is -0.0132. The molecule has 100 valence electrons. The van der Waals surface area contributed by atoms with Gasteiger partial charge < -0.3 is 15.4 Å². The van der Waals surface area contributed by atoms with E-state index in [4.69, 9.17) is 4.74 Å². The van der Waals surface area contributed by atoms with Gasteiger partial charge in [-0.25, -0.2) is 0 Å². The van der Waals surface area contributed by atoms with Crippen LogP contribution >= 0.6 is 0 Å². The van der Waals surface area contributed by atoms with Crippen LogP contribution in [0.15, 0.2) is 24.3 Å². The molecule has 1 aromatic carbocycles. The van der Waals surface area contributed by atoms with Gasteiger partial charge in [0.05, 0.1) is 6.54 Å². The SMILES string of the molecule is CCOCCCNCC(=O)Nc1ccccc1C. The lowest BCUT2D eigenvalue weighted by atomic mass is 10.2. The average Bonchev–Trinajstić information content (AvgIpc) is 2.36. The van der Waals surface area contributed by atoms with Crippen molar-refractivity contribution in [2.75, 3.05) is 31.6 Å². The molecular weight excluding hydrogens is 228 g/mol. The van der Waals surface area contributed by atoms with Gasteiger partial charge in [0.1, 0.15) is 0 Å². The predicted molar refractivity (Wildman–Crippen MR) is 73.8 cm³/mol. The summed E-state index contributed by atoms with van der Waals surface area (Å²) in [4.78, 5) is 11.6. The van der Waals surface area contributed by atoms with Crippen molar-refractivity contribution in [3.05, 3.63) is 29.8 Å². The average molecular weight is 250 g/mol. The maximum absolute atomic E-state index is 11.6. The summed E-state index contributed by atoms with van der Waals surface area (Å²) in [6.45, 7) is 6.56. The van der Waals surface area contributed by atoms with E-state index in [1.54, 1.807) is 0 Å². The second-order valence-electron chi connectivity index (χ2n) is 4.09. The van der Waals surface area contributed by atoms with Crippen LogP contribution in [0.4, 0.5) is 5.69 Å². The molecule has 0 spiro atoms. The highest BCUT2D eigenvalue weighted by atomic mass is 16.5. The van der Waals surface area contributed by atoms with Crippen LogP contribution in [-0.4, -0.2) is 32.2 Å². The molecule has 1 rings (SSSR count). The Labute approximate surface area is 109 Å². The number of hydrogen-bond acceptors (Lipinski definition) is 3. The van der Waals surface area contributed by atoms with Crippen molar-refractivity contribution >= 4 is 11.6 Å². The van der Waals surface area contributed by atoms with Gasteiger partial charge in [-0.2, -0.15) is 0 Å². The maximum atomic E-state index is 11.6. The summed E-state index contributed by atoms with van der Waals surface area (Å²) < 4.78 is 5.21. The zero-order valence-electron chi connectivity index (χ0n) is 11.2. The van der Waals surface area contributed by atoms with Gasteiger partial charge in [0.25, 0.3) is 0 Å². The number of nitrogens with one attached hydrogen (secondary N) is 2. The first kappa shape index (κ1) is 14.7. The number of carbonyl (C=O) groups is 1. The van der Waals surface area contributed by atoms with E-state index < -0.39 is 0 Å². The molecule has 0 unspecified atom stereocenters. The number of para-hydroxylation sites is 1. The standard InChI is InChI=1S/C14H22N2O2/c1-3-18-10-6-9-15-11-14(17)16-13-8-5-4-7-12(13)2/h4-5,7-8,15H,3,6,9-11H2,1-2H3,(H,16,17). The number of rotatable bonds is 8. The summed E-state index contributed by atoms with van der Waals surface area (Å²) in [6, 6.07) is 7.75. The first-order chi connectivity index (χ1) is 8.74. The van der Waals surface area contributed by atoms with E-state index in [1.807, 2.05) is 38.1 Å². The molecule has 0 saturated heterocycles. The highest BCUT2D eigenvalue weighted by molar-refractivity contribution is 5.92. The minimum Gasteiger partial charge on any atom is -0.382 e. The van der Waals surface area contributed by atoms with Crippen molar-refractivity contribution in [1.29, 1.82) is 0 Å². The largest absolute Gasteiger partial charge is 0.382 e. The van der Waals surface area contributed by atoms with Crippen LogP contribution < -0.4 is 10.6 Å². The lowest BCUT2D eigenvalue weighted by Crippen LogP contribution is -2.29. The molecule has 1 aromatic rings. The van der Waals surface area contributed by atoms with Crippen LogP contribution in [0.2, 0.25) is 0 Å². The van der Waals surface area contributed by atoms with E-state index in [9.17, 15) is 4.79 Å². The van der Waals surface area contributed by atoms with Crippen LogP contribution in [-0.2, 0) is 9.53 Å². The van der Waals surface area contributed by atoms with E-state index in [0.29, 0.717) is 6.54 Å². The number of anilines is 1. The molecule has 0 bridgehead atoms. The predicted octanol–water partition coefficient (Wildman–Crippen LogP) is 1.95. The fourth-order valence-electron chi connectivity index (χ4n) is 1.55. The van der Waals surface area contributed by atoms with Crippen molar-refractivity contribution in [3.63, 3.8) is 0 Å². The highest BCUT2D eigenvalue weighted by Gasteiger charge is 2.03. The Bertz CT molecular complexity index is 367. The summed E-state index contributed by atoms with van der Waals surface area (Å²) in [6.07, 6.45) is 0.922. The zero-order chi connectivity index (χ0) is 13.2. The number of ether oxygens (including phenoxy) is 1. The topological polar surface area (TPSA) is 50.4 Å². The van der Waals surface area contributed by atoms with Gasteiger partial charge in [0.15, 0.2) is 0 Å². The summed E-state index contributed by atoms with van der Waals surface area (Å²) in [5.74, 6) is -0.0132. The molecule has 0 aliphatic heterocycles. The van der Waals surface area contributed by atoms with Gasteiger partial charge in [-0.1, -0.05) is 18.2 Å². The van der Waals surface area contributed by atoms with Crippen LogP contribution in [0.1, 0.15) is 18.9 Å². The normalized spacial score (nSPS) is 10.3. The molecule has 4 heteroatoms. The monoisotopic (exact) mass is 250 g/mol. The minimum absolute atomic E-state index is 0.0132. The van der Waals surface area contributed by atoms with Gasteiger partial charge in [-0.15, -0.1) is 0 Å². The summed E-state index contributed by atoms with van der Waals surface area (Å²) in [7, 11) is 0. The molecule has 0 heterocycles. The molecule has 0 radical (unpaired) electrons. The van der Waals surface area contributed by atoms with E-state index in [1.165, 1.54) is 0 Å². The van der Waals surface area contributed by atoms with Crippen molar-refractivity contribution in [1.82, 2.24) is 5.32 Å². The lowest BCUT2D eigenvalue weighted by molar-refractivity contribution is -0.115. The molecular formula is C14H22N2O2. The van der Waals surface area contributed by atoms with E-state index in [2.05, 4.69) is 10.6 Å². The number of hydrogen-bond donors (Lipinski definition) is 2. The third kappa shape index (κ3) is 5.80. The molecule has 0 saturated carbocycles. The number of amides is 1. The summed E-state index contributed by atoms with van der Waals surface area (Å²) in [5, 5.41) is 5.97. The zero-order valence-corrected chi connectivity index (χ0v) is 11.2. The first-order valence-electron chi connectivity index (χ1n) is 6.38. The molecule has 1 amide bonds.